The van der Waals surface area contributed by atoms with E-state index in [2.05, 4.69) is 4.98 Å². The van der Waals surface area contributed by atoms with Gasteiger partial charge < -0.3 is 4.57 Å². The van der Waals surface area contributed by atoms with Crippen LogP contribution in [0.1, 0.15) is 10.4 Å². The maximum Gasteiger partial charge on any atom is 0.260 e. The average molecular weight is 380 g/mol. The van der Waals surface area contributed by atoms with E-state index in [1.165, 1.54) is 6.07 Å². The van der Waals surface area contributed by atoms with Crippen LogP contribution in [0.25, 0.3) is 28.1 Å². The van der Waals surface area contributed by atoms with Gasteiger partial charge in [-0.15, -0.1) is 0 Å². The number of nitrogens with zero attached hydrogens (tertiary/aromatic N) is 4. The standard InChI is InChI=1S/C23H16N4O2/c28-21(17-6-2-1-3-7-17)15-26-19-8-4-5-9-20(19)27-22(29)14-18(25-23(26)27)16-10-12-24-13-11-16/h1-14H,15H2. The Bertz CT molecular complexity index is 1400. The fourth-order valence-electron chi connectivity index (χ4n) is 3.55. The molecule has 0 aliphatic carbocycles. The number of para-hydroxylation sites is 2. The molecular weight excluding hydrogens is 364 g/mol. The summed E-state index contributed by atoms with van der Waals surface area (Å²) in [5, 5.41) is 0. The second-order valence-corrected chi connectivity index (χ2v) is 6.71. The molecule has 6 heteroatoms. The molecule has 0 N–H and O–H groups in total. The first-order valence-electron chi connectivity index (χ1n) is 9.22. The minimum Gasteiger partial charge on any atom is -0.302 e. The number of aromatic nitrogens is 4. The fraction of sp³-hybridized carbons (Fsp3) is 0.0435. The summed E-state index contributed by atoms with van der Waals surface area (Å²) in [6, 6.07) is 21.8. The number of hydrogen-bond acceptors (Lipinski definition) is 4. The van der Waals surface area contributed by atoms with E-state index < -0.39 is 0 Å². The zero-order chi connectivity index (χ0) is 19.8. The number of carbonyl (C=O) groups excluding carboxylic acids is 1. The fourth-order valence-corrected chi connectivity index (χ4v) is 3.55. The van der Waals surface area contributed by atoms with Gasteiger partial charge in [0.1, 0.15) is 0 Å². The van der Waals surface area contributed by atoms with E-state index in [0.29, 0.717) is 17.0 Å². The lowest BCUT2D eigenvalue weighted by atomic mass is 10.1. The van der Waals surface area contributed by atoms with Gasteiger partial charge in [0.15, 0.2) is 5.78 Å². The largest absolute Gasteiger partial charge is 0.302 e. The van der Waals surface area contributed by atoms with E-state index in [1.807, 2.05) is 42.5 Å². The summed E-state index contributed by atoms with van der Waals surface area (Å²) in [5.41, 5.74) is 3.29. The van der Waals surface area contributed by atoms with Gasteiger partial charge in [-0.25, -0.2) is 9.38 Å². The summed E-state index contributed by atoms with van der Waals surface area (Å²) >= 11 is 0. The van der Waals surface area contributed by atoms with Crippen molar-refractivity contribution in [1.29, 1.82) is 0 Å². The van der Waals surface area contributed by atoms with Crippen molar-refractivity contribution in [1.82, 2.24) is 18.9 Å². The van der Waals surface area contributed by atoms with E-state index in [4.69, 9.17) is 4.98 Å². The number of benzene rings is 2. The Morgan fingerprint density at radius 2 is 1.55 bits per heavy atom. The third kappa shape index (κ3) is 2.91. The Kier molecular flexibility index (Phi) is 4.02. The highest BCUT2D eigenvalue weighted by Crippen LogP contribution is 2.22. The molecule has 6 nitrogen and oxygen atoms in total. The predicted molar refractivity (Wildman–Crippen MR) is 111 cm³/mol. The second-order valence-electron chi connectivity index (χ2n) is 6.71. The van der Waals surface area contributed by atoms with Gasteiger partial charge in [-0.1, -0.05) is 42.5 Å². The summed E-state index contributed by atoms with van der Waals surface area (Å²) in [6.07, 6.45) is 3.32. The first kappa shape index (κ1) is 17.1. The molecule has 3 heterocycles. The molecule has 0 radical (unpaired) electrons. The molecule has 29 heavy (non-hydrogen) atoms. The first-order chi connectivity index (χ1) is 14.2. The highest BCUT2D eigenvalue weighted by Gasteiger charge is 2.17. The molecule has 0 bridgehead atoms. The lowest BCUT2D eigenvalue weighted by molar-refractivity contribution is 0.0974. The third-order valence-electron chi connectivity index (χ3n) is 4.93. The number of imidazole rings is 1. The van der Waals surface area contributed by atoms with Crippen molar-refractivity contribution in [2.75, 3.05) is 0 Å². The van der Waals surface area contributed by atoms with Gasteiger partial charge in [0, 0.05) is 29.6 Å². The molecule has 0 aliphatic heterocycles. The van der Waals surface area contributed by atoms with Gasteiger partial charge in [-0.2, -0.15) is 0 Å². The highest BCUT2D eigenvalue weighted by atomic mass is 16.1. The van der Waals surface area contributed by atoms with Crippen molar-refractivity contribution in [2.24, 2.45) is 0 Å². The van der Waals surface area contributed by atoms with Crippen LogP contribution < -0.4 is 5.56 Å². The molecule has 0 unspecified atom stereocenters. The lowest BCUT2D eigenvalue weighted by Crippen LogP contribution is -2.16. The predicted octanol–water partition coefficient (Wildman–Crippen LogP) is 3.59. The highest BCUT2D eigenvalue weighted by molar-refractivity contribution is 5.97. The van der Waals surface area contributed by atoms with E-state index in [9.17, 15) is 9.59 Å². The van der Waals surface area contributed by atoms with Crippen molar-refractivity contribution in [3.05, 3.63) is 101 Å². The zero-order valence-electron chi connectivity index (χ0n) is 15.4. The van der Waals surface area contributed by atoms with E-state index >= 15 is 0 Å². The molecule has 0 saturated heterocycles. The summed E-state index contributed by atoms with van der Waals surface area (Å²) < 4.78 is 3.36. The molecule has 140 valence electrons. The van der Waals surface area contributed by atoms with Crippen LogP contribution in [0.5, 0.6) is 0 Å². The molecule has 0 aliphatic rings. The number of Topliss-reactive ketones (excluding diaryl/α,β-unsaturated/α-hetero) is 1. The summed E-state index contributed by atoms with van der Waals surface area (Å²) in [7, 11) is 0. The maximum atomic E-state index is 13.0. The molecule has 0 fully saturated rings. The smallest absolute Gasteiger partial charge is 0.260 e. The van der Waals surface area contributed by atoms with Crippen molar-refractivity contribution in [3.8, 4) is 11.3 Å². The third-order valence-corrected chi connectivity index (χ3v) is 4.93. The summed E-state index contributed by atoms with van der Waals surface area (Å²) in [4.78, 5) is 34.6. The molecule has 0 atom stereocenters. The molecule has 5 rings (SSSR count). The van der Waals surface area contributed by atoms with Crippen LogP contribution in [-0.4, -0.2) is 24.7 Å². The van der Waals surface area contributed by atoms with Crippen LogP contribution in [0.2, 0.25) is 0 Å². The number of ketones is 1. The number of hydrogen-bond donors (Lipinski definition) is 0. The minimum absolute atomic E-state index is 0.0441. The number of pyridine rings is 1. The van der Waals surface area contributed by atoms with E-state index in [0.717, 1.165) is 16.6 Å². The first-order valence-corrected chi connectivity index (χ1v) is 9.22. The SMILES string of the molecule is O=C(Cn1c2ccccc2n2c(=O)cc(-c3ccncc3)nc12)c1ccccc1. The Balaban J connectivity index is 1.75. The van der Waals surface area contributed by atoms with Gasteiger partial charge in [0.05, 0.1) is 23.3 Å². The monoisotopic (exact) mass is 380 g/mol. The van der Waals surface area contributed by atoms with Gasteiger partial charge in [-0.3, -0.25) is 14.6 Å². The van der Waals surface area contributed by atoms with Crippen molar-refractivity contribution >= 4 is 22.6 Å². The molecule has 0 saturated carbocycles. The topological polar surface area (TPSA) is 69.3 Å². The summed E-state index contributed by atoms with van der Waals surface area (Å²) in [5.74, 6) is 0.396. The van der Waals surface area contributed by atoms with Crippen LogP contribution in [0.4, 0.5) is 0 Å². The number of carbonyl (C=O) groups is 1. The summed E-state index contributed by atoms with van der Waals surface area (Å²) in [6.45, 7) is 0.0905. The number of fused-ring (bicyclic) bond motifs is 3. The van der Waals surface area contributed by atoms with Crippen molar-refractivity contribution in [2.45, 2.75) is 6.54 Å². The van der Waals surface area contributed by atoms with Crippen LogP contribution in [0, 0.1) is 0 Å². The number of rotatable bonds is 4. The maximum absolute atomic E-state index is 13.0. The van der Waals surface area contributed by atoms with Gasteiger partial charge in [-0.05, 0) is 24.3 Å². The molecule has 5 aromatic rings. The van der Waals surface area contributed by atoms with Crippen LogP contribution in [0.3, 0.4) is 0 Å². The van der Waals surface area contributed by atoms with Crippen LogP contribution in [-0.2, 0) is 6.54 Å². The lowest BCUT2D eigenvalue weighted by Gasteiger charge is -2.07. The molecule has 0 spiro atoms. The molecule has 2 aromatic carbocycles. The molecule has 3 aromatic heterocycles. The van der Waals surface area contributed by atoms with Crippen LogP contribution >= 0.6 is 0 Å². The van der Waals surface area contributed by atoms with E-state index in [-0.39, 0.29) is 17.9 Å². The zero-order valence-corrected chi connectivity index (χ0v) is 15.4. The van der Waals surface area contributed by atoms with Crippen molar-refractivity contribution < 1.29 is 4.79 Å². The van der Waals surface area contributed by atoms with Crippen LogP contribution in [0.15, 0.2) is 90.0 Å². The minimum atomic E-state index is -0.191. The Morgan fingerprint density at radius 1 is 0.862 bits per heavy atom. The molecular formula is C23H16N4O2. The normalized spacial score (nSPS) is 11.2. The van der Waals surface area contributed by atoms with E-state index in [1.54, 1.807) is 45.6 Å². The Labute approximate surface area is 165 Å². The van der Waals surface area contributed by atoms with Crippen molar-refractivity contribution in [3.63, 3.8) is 0 Å². The van der Waals surface area contributed by atoms with Gasteiger partial charge >= 0.3 is 0 Å². The Morgan fingerprint density at radius 3 is 2.31 bits per heavy atom. The van der Waals surface area contributed by atoms with Gasteiger partial charge in [0.2, 0.25) is 5.78 Å². The quantitative estimate of drug-likeness (QED) is 0.447. The molecule has 0 amide bonds. The van der Waals surface area contributed by atoms with Gasteiger partial charge in [0.25, 0.3) is 5.56 Å². The average Bonchev–Trinajstić information content (AvgIpc) is 3.09. The second kappa shape index (κ2) is 6.83. The Hall–Kier alpha value is -4.06.